The molecule has 2 unspecified atom stereocenters. The summed E-state index contributed by atoms with van der Waals surface area (Å²) in [7, 11) is -3.51. The molecule has 1 aliphatic rings. The van der Waals surface area contributed by atoms with E-state index in [9.17, 15) is 8.42 Å². The molecule has 21 heavy (non-hydrogen) atoms. The minimum Gasteiger partial charge on any atom is -0.326 e. The monoisotopic (exact) mass is 374 g/mol. The van der Waals surface area contributed by atoms with Crippen LogP contribution < -0.4 is 10.5 Å². The van der Waals surface area contributed by atoms with E-state index in [0.717, 1.165) is 31.2 Å². The number of nitrogens with two attached hydrogens (primary N) is 1. The highest BCUT2D eigenvalue weighted by Crippen LogP contribution is 2.29. The molecule has 2 atom stereocenters. The summed E-state index contributed by atoms with van der Waals surface area (Å²) in [5, 5.41) is 0. The van der Waals surface area contributed by atoms with Crippen molar-refractivity contribution in [3.63, 3.8) is 0 Å². The van der Waals surface area contributed by atoms with E-state index in [-0.39, 0.29) is 10.9 Å². The van der Waals surface area contributed by atoms with Crippen LogP contribution in [-0.2, 0) is 16.6 Å². The van der Waals surface area contributed by atoms with Gasteiger partial charge in [0.05, 0.1) is 4.90 Å². The van der Waals surface area contributed by atoms with Gasteiger partial charge in [-0.25, -0.2) is 13.1 Å². The molecule has 0 amide bonds. The lowest BCUT2D eigenvalue weighted by Gasteiger charge is -2.29. The van der Waals surface area contributed by atoms with Crippen molar-refractivity contribution in [1.82, 2.24) is 4.72 Å². The summed E-state index contributed by atoms with van der Waals surface area (Å²) < 4.78 is 28.7. The summed E-state index contributed by atoms with van der Waals surface area (Å²) >= 11 is 3.33. The number of hydrogen-bond acceptors (Lipinski definition) is 3. The highest BCUT2D eigenvalue weighted by molar-refractivity contribution is 9.10. The first kappa shape index (κ1) is 16.9. The molecule has 0 bridgehead atoms. The SMILES string of the molecule is CCC1CCCC(NS(=O)(=O)c2cc(CN)ccc2Br)C1. The average molecular weight is 375 g/mol. The standard InChI is InChI=1S/C15H23BrN2O2S/c1-2-11-4-3-5-13(8-11)18-21(19,20)15-9-12(10-17)6-7-14(15)16/h6-7,9,11,13,18H,2-5,8,10,17H2,1H3. The molecule has 0 saturated heterocycles. The zero-order valence-electron chi connectivity index (χ0n) is 12.3. The predicted molar refractivity (Wildman–Crippen MR) is 88.4 cm³/mol. The first-order valence-electron chi connectivity index (χ1n) is 7.47. The topological polar surface area (TPSA) is 72.2 Å². The van der Waals surface area contributed by atoms with Crippen LogP contribution in [0.15, 0.2) is 27.6 Å². The molecule has 0 spiro atoms. The van der Waals surface area contributed by atoms with Crippen molar-refractivity contribution in [2.24, 2.45) is 11.7 Å². The summed E-state index contributed by atoms with van der Waals surface area (Å²) in [4.78, 5) is 0.282. The van der Waals surface area contributed by atoms with E-state index in [1.807, 2.05) is 6.07 Å². The lowest BCUT2D eigenvalue weighted by atomic mass is 9.85. The maximum atomic E-state index is 12.6. The number of rotatable bonds is 5. The van der Waals surface area contributed by atoms with Crippen LogP contribution in [-0.4, -0.2) is 14.5 Å². The molecule has 1 aliphatic carbocycles. The minimum atomic E-state index is -3.51. The molecule has 4 nitrogen and oxygen atoms in total. The Labute approximate surface area is 135 Å². The maximum Gasteiger partial charge on any atom is 0.241 e. The Morgan fingerprint density at radius 3 is 2.81 bits per heavy atom. The van der Waals surface area contributed by atoms with Crippen molar-refractivity contribution < 1.29 is 8.42 Å². The van der Waals surface area contributed by atoms with Crippen LogP contribution in [0.25, 0.3) is 0 Å². The fourth-order valence-corrected chi connectivity index (χ4v) is 5.23. The Balaban J connectivity index is 2.18. The van der Waals surface area contributed by atoms with Crippen molar-refractivity contribution >= 4 is 26.0 Å². The fourth-order valence-electron chi connectivity index (χ4n) is 2.93. The van der Waals surface area contributed by atoms with Gasteiger partial charge in [0.25, 0.3) is 0 Å². The molecule has 3 N–H and O–H groups in total. The quantitative estimate of drug-likeness (QED) is 0.831. The Hall–Kier alpha value is -0.430. The Kier molecular flexibility index (Phi) is 5.82. The molecule has 0 radical (unpaired) electrons. The maximum absolute atomic E-state index is 12.6. The Morgan fingerprint density at radius 1 is 1.38 bits per heavy atom. The summed E-state index contributed by atoms with van der Waals surface area (Å²) in [5.41, 5.74) is 6.42. The van der Waals surface area contributed by atoms with Crippen LogP contribution in [0.1, 0.15) is 44.6 Å². The van der Waals surface area contributed by atoms with Gasteiger partial charge in [0, 0.05) is 17.1 Å². The molecule has 6 heteroatoms. The highest BCUT2D eigenvalue weighted by Gasteiger charge is 2.27. The zero-order chi connectivity index (χ0) is 15.5. The van der Waals surface area contributed by atoms with E-state index in [1.54, 1.807) is 12.1 Å². The van der Waals surface area contributed by atoms with Gasteiger partial charge >= 0.3 is 0 Å². The molecule has 118 valence electrons. The first-order chi connectivity index (χ1) is 9.96. The highest BCUT2D eigenvalue weighted by atomic mass is 79.9. The number of hydrogen-bond donors (Lipinski definition) is 2. The lowest BCUT2D eigenvalue weighted by Crippen LogP contribution is -2.38. The summed E-state index contributed by atoms with van der Waals surface area (Å²) in [6, 6.07) is 5.26. The van der Waals surface area contributed by atoms with Gasteiger partial charge in [0.2, 0.25) is 10.0 Å². The van der Waals surface area contributed by atoms with E-state index in [0.29, 0.717) is 16.9 Å². The molecule has 0 aliphatic heterocycles. The van der Waals surface area contributed by atoms with E-state index < -0.39 is 10.0 Å². The molecule has 0 heterocycles. The molecular formula is C15H23BrN2O2S. The second-order valence-corrected chi connectivity index (χ2v) is 8.26. The molecule has 1 saturated carbocycles. The Bertz CT molecular complexity index is 589. The summed E-state index contributed by atoms with van der Waals surface area (Å²) in [5.74, 6) is 0.630. The second-order valence-electron chi connectivity index (χ2n) is 5.73. The van der Waals surface area contributed by atoms with Crippen molar-refractivity contribution in [2.75, 3.05) is 0 Å². The van der Waals surface area contributed by atoms with Crippen LogP contribution in [0, 0.1) is 5.92 Å². The normalized spacial score (nSPS) is 23.2. The van der Waals surface area contributed by atoms with Crippen LogP contribution in [0.4, 0.5) is 0 Å². The van der Waals surface area contributed by atoms with Gasteiger partial charge in [-0.1, -0.05) is 32.3 Å². The van der Waals surface area contributed by atoms with Crippen molar-refractivity contribution in [1.29, 1.82) is 0 Å². The average Bonchev–Trinajstić information content (AvgIpc) is 2.47. The number of nitrogens with one attached hydrogen (secondary N) is 1. The minimum absolute atomic E-state index is 0.0436. The smallest absolute Gasteiger partial charge is 0.241 e. The molecular weight excluding hydrogens is 352 g/mol. The number of halogens is 1. The van der Waals surface area contributed by atoms with E-state index in [4.69, 9.17) is 5.73 Å². The van der Waals surface area contributed by atoms with Crippen molar-refractivity contribution in [3.05, 3.63) is 28.2 Å². The van der Waals surface area contributed by atoms with Gasteiger partial charge in [0.1, 0.15) is 0 Å². The van der Waals surface area contributed by atoms with Gasteiger partial charge in [-0.2, -0.15) is 0 Å². The molecule has 1 aromatic carbocycles. The van der Waals surface area contributed by atoms with Gasteiger partial charge in [-0.05, 0) is 52.4 Å². The second kappa shape index (κ2) is 7.22. The molecule has 0 aromatic heterocycles. The van der Waals surface area contributed by atoms with Crippen molar-refractivity contribution in [3.8, 4) is 0 Å². The first-order valence-corrected chi connectivity index (χ1v) is 9.74. The Morgan fingerprint density at radius 2 is 2.14 bits per heavy atom. The largest absolute Gasteiger partial charge is 0.326 e. The fraction of sp³-hybridized carbons (Fsp3) is 0.600. The molecule has 1 aromatic rings. The zero-order valence-corrected chi connectivity index (χ0v) is 14.7. The summed E-state index contributed by atoms with van der Waals surface area (Å²) in [6.07, 6.45) is 5.27. The van der Waals surface area contributed by atoms with Crippen LogP contribution >= 0.6 is 15.9 Å². The van der Waals surface area contributed by atoms with Gasteiger partial charge in [-0.3, -0.25) is 0 Å². The third kappa shape index (κ3) is 4.28. The molecule has 1 fully saturated rings. The van der Waals surface area contributed by atoms with Crippen LogP contribution in [0.3, 0.4) is 0 Å². The van der Waals surface area contributed by atoms with E-state index in [2.05, 4.69) is 27.6 Å². The third-order valence-corrected chi connectivity index (χ3v) is 6.72. The number of benzene rings is 1. The van der Waals surface area contributed by atoms with Crippen LogP contribution in [0.5, 0.6) is 0 Å². The van der Waals surface area contributed by atoms with Crippen molar-refractivity contribution in [2.45, 2.75) is 56.5 Å². The van der Waals surface area contributed by atoms with Gasteiger partial charge in [0.15, 0.2) is 0 Å². The number of sulfonamides is 1. The van der Waals surface area contributed by atoms with Gasteiger partial charge in [-0.15, -0.1) is 0 Å². The third-order valence-electron chi connectivity index (χ3n) is 4.20. The molecule has 2 rings (SSSR count). The van der Waals surface area contributed by atoms with Gasteiger partial charge < -0.3 is 5.73 Å². The predicted octanol–water partition coefficient (Wildman–Crippen LogP) is 3.15. The van der Waals surface area contributed by atoms with E-state index >= 15 is 0 Å². The lowest BCUT2D eigenvalue weighted by molar-refractivity contribution is 0.301. The summed E-state index contributed by atoms with van der Waals surface area (Å²) in [6.45, 7) is 2.50. The van der Waals surface area contributed by atoms with Crippen LogP contribution in [0.2, 0.25) is 0 Å². The van der Waals surface area contributed by atoms with E-state index in [1.165, 1.54) is 6.42 Å².